The highest BCUT2D eigenvalue weighted by atomic mass is 16.6. The van der Waals surface area contributed by atoms with Crippen LogP contribution in [0, 0.1) is 10.1 Å². The van der Waals surface area contributed by atoms with Crippen LogP contribution >= 0.6 is 0 Å². The van der Waals surface area contributed by atoms with Gasteiger partial charge in [-0.2, -0.15) is 0 Å². The second-order valence-electron chi connectivity index (χ2n) is 5.52. The number of fused-ring (bicyclic) bond motifs is 2. The predicted molar refractivity (Wildman–Crippen MR) is 72.4 cm³/mol. The lowest BCUT2D eigenvalue weighted by molar-refractivity contribution is -0.384. The number of carboxylic acid groups (broad SMARTS) is 1. The summed E-state index contributed by atoms with van der Waals surface area (Å²) in [7, 11) is 0. The minimum Gasteiger partial charge on any atom is -0.477 e. The zero-order chi connectivity index (χ0) is 15.1. The Hall–Kier alpha value is -2.22. The first-order valence-electron chi connectivity index (χ1n) is 6.82. The van der Waals surface area contributed by atoms with Crippen molar-refractivity contribution in [1.29, 1.82) is 0 Å². The number of nitro groups is 1. The lowest BCUT2D eigenvalue weighted by Gasteiger charge is -2.37. The van der Waals surface area contributed by atoms with Crippen molar-refractivity contribution in [2.45, 2.75) is 43.9 Å². The maximum absolute atomic E-state index is 11.2. The molecular formula is C13H15N3O5. The molecule has 2 atom stereocenters. The molecule has 21 heavy (non-hydrogen) atoms. The van der Waals surface area contributed by atoms with Crippen molar-refractivity contribution in [2.24, 2.45) is 0 Å². The van der Waals surface area contributed by atoms with Gasteiger partial charge < -0.3 is 15.1 Å². The van der Waals surface area contributed by atoms with E-state index >= 15 is 0 Å². The third kappa shape index (κ3) is 2.31. The molecule has 2 saturated heterocycles. The van der Waals surface area contributed by atoms with Crippen LogP contribution in [0.1, 0.15) is 36.2 Å². The molecule has 8 nitrogen and oxygen atoms in total. The monoisotopic (exact) mass is 293 g/mol. The number of aliphatic hydroxyl groups is 1. The van der Waals surface area contributed by atoms with Crippen LogP contribution in [0.5, 0.6) is 0 Å². The molecular weight excluding hydrogens is 278 g/mol. The van der Waals surface area contributed by atoms with Gasteiger partial charge in [-0.3, -0.25) is 10.1 Å². The van der Waals surface area contributed by atoms with Gasteiger partial charge in [-0.1, -0.05) is 0 Å². The first-order chi connectivity index (χ1) is 9.97. The standard InChI is InChI=1S/C13H15N3O5/c17-9-5-7-1-2-8(6-9)15(7)12-11(16(20)21)4-3-10(14-12)13(18)19/h3-4,7-9,17H,1-2,5-6H2,(H,18,19). The normalized spacial score (nSPS) is 27.7. The molecule has 0 aliphatic carbocycles. The molecule has 2 N–H and O–H groups in total. The number of hydrogen-bond donors (Lipinski definition) is 2. The van der Waals surface area contributed by atoms with Gasteiger partial charge in [0.15, 0.2) is 5.69 Å². The number of aliphatic hydroxyl groups excluding tert-OH is 1. The van der Waals surface area contributed by atoms with Gasteiger partial charge in [0, 0.05) is 18.2 Å². The van der Waals surface area contributed by atoms with Crippen LogP contribution < -0.4 is 4.90 Å². The molecule has 2 aliphatic rings. The molecule has 0 aromatic carbocycles. The molecule has 3 heterocycles. The van der Waals surface area contributed by atoms with Crippen molar-refractivity contribution < 1.29 is 19.9 Å². The van der Waals surface area contributed by atoms with E-state index in [1.165, 1.54) is 6.07 Å². The average molecular weight is 293 g/mol. The second-order valence-corrected chi connectivity index (χ2v) is 5.52. The Balaban J connectivity index is 2.06. The number of anilines is 1. The quantitative estimate of drug-likeness (QED) is 0.634. The van der Waals surface area contributed by atoms with E-state index in [9.17, 15) is 20.0 Å². The lowest BCUT2D eigenvalue weighted by atomic mass is 9.99. The number of aromatic carboxylic acids is 1. The fraction of sp³-hybridized carbons (Fsp3) is 0.538. The minimum absolute atomic E-state index is 0.0194. The van der Waals surface area contributed by atoms with E-state index in [2.05, 4.69) is 4.98 Å². The molecule has 2 fully saturated rings. The van der Waals surface area contributed by atoms with Crippen molar-refractivity contribution in [3.63, 3.8) is 0 Å². The van der Waals surface area contributed by atoms with Gasteiger partial charge in [0.1, 0.15) is 0 Å². The van der Waals surface area contributed by atoms with Gasteiger partial charge in [-0.15, -0.1) is 0 Å². The summed E-state index contributed by atoms with van der Waals surface area (Å²) in [5, 5.41) is 30.0. The first-order valence-corrected chi connectivity index (χ1v) is 6.82. The van der Waals surface area contributed by atoms with Crippen LogP contribution in [0.25, 0.3) is 0 Å². The number of pyridine rings is 1. The largest absolute Gasteiger partial charge is 0.477 e. The molecule has 0 saturated carbocycles. The molecule has 3 rings (SSSR count). The number of carbonyl (C=O) groups is 1. The summed E-state index contributed by atoms with van der Waals surface area (Å²) in [6, 6.07) is 2.30. The zero-order valence-electron chi connectivity index (χ0n) is 11.2. The van der Waals surface area contributed by atoms with Gasteiger partial charge >= 0.3 is 11.7 Å². The van der Waals surface area contributed by atoms with Crippen LogP contribution in [0.15, 0.2) is 12.1 Å². The average Bonchev–Trinajstić information content (AvgIpc) is 2.69. The van der Waals surface area contributed by atoms with Crippen LogP contribution in [-0.4, -0.2) is 44.3 Å². The van der Waals surface area contributed by atoms with Crippen molar-refractivity contribution in [3.05, 3.63) is 27.9 Å². The van der Waals surface area contributed by atoms with E-state index in [0.717, 1.165) is 18.9 Å². The fourth-order valence-electron chi connectivity index (χ4n) is 3.39. The molecule has 112 valence electrons. The highest BCUT2D eigenvalue weighted by Gasteiger charge is 2.43. The third-order valence-corrected chi connectivity index (χ3v) is 4.22. The molecule has 1 aromatic rings. The molecule has 2 unspecified atom stereocenters. The van der Waals surface area contributed by atoms with Crippen molar-refractivity contribution in [1.82, 2.24) is 4.98 Å². The molecule has 0 spiro atoms. The van der Waals surface area contributed by atoms with Gasteiger partial charge in [-0.25, -0.2) is 9.78 Å². The predicted octanol–water partition coefficient (Wildman–Crippen LogP) is 1.18. The first kappa shape index (κ1) is 13.7. The number of hydrogen-bond acceptors (Lipinski definition) is 6. The second kappa shape index (κ2) is 4.96. The van der Waals surface area contributed by atoms with Crippen molar-refractivity contribution >= 4 is 17.5 Å². The summed E-state index contributed by atoms with van der Waals surface area (Å²) < 4.78 is 0. The number of piperidine rings is 1. The van der Waals surface area contributed by atoms with Crippen LogP contribution in [0.2, 0.25) is 0 Å². The molecule has 0 amide bonds. The molecule has 2 aliphatic heterocycles. The number of aromatic nitrogens is 1. The van der Waals surface area contributed by atoms with E-state index in [4.69, 9.17) is 5.11 Å². The maximum atomic E-state index is 11.2. The smallest absolute Gasteiger partial charge is 0.354 e. The van der Waals surface area contributed by atoms with E-state index in [-0.39, 0.29) is 29.3 Å². The van der Waals surface area contributed by atoms with E-state index in [1.807, 2.05) is 4.90 Å². The maximum Gasteiger partial charge on any atom is 0.354 e. The zero-order valence-corrected chi connectivity index (χ0v) is 11.2. The Morgan fingerprint density at radius 1 is 1.33 bits per heavy atom. The summed E-state index contributed by atoms with van der Waals surface area (Å²) in [4.78, 5) is 27.5. The van der Waals surface area contributed by atoms with E-state index in [1.54, 1.807) is 0 Å². The van der Waals surface area contributed by atoms with Gasteiger partial charge in [0.05, 0.1) is 11.0 Å². The van der Waals surface area contributed by atoms with Crippen LogP contribution in [0.4, 0.5) is 11.5 Å². The van der Waals surface area contributed by atoms with E-state index < -0.39 is 17.0 Å². The topological polar surface area (TPSA) is 117 Å². The SMILES string of the molecule is O=C(O)c1ccc([N+](=O)[O-])c(N2C3CCC2CC(O)C3)n1. The summed E-state index contributed by atoms with van der Waals surface area (Å²) in [6.45, 7) is 0. The Bertz CT molecular complexity index is 591. The number of nitrogens with zero attached hydrogens (tertiary/aromatic N) is 3. The fourth-order valence-corrected chi connectivity index (χ4v) is 3.39. The summed E-state index contributed by atoms with van der Waals surface area (Å²) in [6.07, 6.45) is 2.33. The highest BCUT2D eigenvalue weighted by Crippen LogP contribution is 2.41. The third-order valence-electron chi connectivity index (χ3n) is 4.22. The summed E-state index contributed by atoms with van der Waals surface area (Å²) in [5.74, 6) is -1.10. The van der Waals surface area contributed by atoms with Crippen LogP contribution in [-0.2, 0) is 0 Å². The molecule has 0 radical (unpaired) electrons. The molecule has 1 aromatic heterocycles. The van der Waals surface area contributed by atoms with Crippen molar-refractivity contribution in [2.75, 3.05) is 4.90 Å². The summed E-state index contributed by atoms with van der Waals surface area (Å²) >= 11 is 0. The Morgan fingerprint density at radius 3 is 2.48 bits per heavy atom. The minimum atomic E-state index is -1.21. The Morgan fingerprint density at radius 2 is 1.95 bits per heavy atom. The summed E-state index contributed by atoms with van der Waals surface area (Å²) in [5.41, 5.74) is -0.394. The van der Waals surface area contributed by atoms with Gasteiger partial charge in [0.2, 0.25) is 5.82 Å². The molecule has 8 heteroatoms. The van der Waals surface area contributed by atoms with Crippen molar-refractivity contribution in [3.8, 4) is 0 Å². The Kier molecular flexibility index (Phi) is 3.25. The highest BCUT2D eigenvalue weighted by molar-refractivity contribution is 5.86. The van der Waals surface area contributed by atoms with E-state index in [0.29, 0.717) is 12.8 Å². The van der Waals surface area contributed by atoms with Gasteiger partial charge in [0.25, 0.3) is 0 Å². The van der Waals surface area contributed by atoms with Crippen LogP contribution in [0.3, 0.4) is 0 Å². The number of rotatable bonds is 3. The lowest BCUT2D eigenvalue weighted by Crippen LogP contribution is -2.45. The Labute approximate surface area is 120 Å². The number of carboxylic acids is 1. The molecule has 2 bridgehead atoms. The van der Waals surface area contributed by atoms with Gasteiger partial charge in [-0.05, 0) is 31.7 Å².